The Bertz CT molecular complexity index is 247. The highest BCUT2D eigenvalue weighted by Gasteiger charge is 2.59. The highest BCUT2D eigenvalue weighted by Crippen LogP contribution is 2.61. The first kappa shape index (κ1) is 8.73. The van der Waals surface area contributed by atoms with E-state index in [0.717, 1.165) is 19.3 Å². The van der Waals surface area contributed by atoms with Crippen molar-refractivity contribution in [3.63, 3.8) is 0 Å². The average molecular weight is 182 g/mol. The molecule has 0 N–H and O–H groups in total. The van der Waals surface area contributed by atoms with Gasteiger partial charge in [0.05, 0.1) is 13.0 Å². The molecule has 1 unspecified atom stereocenters. The van der Waals surface area contributed by atoms with E-state index >= 15 is 0 Å². The van der Waals surface area contributed by atoms with Crippen molar-refractivity contribution in [3.8, 4) is 0 Å². The van der Waals surface area contributed by atoms with Gasteiger partial charge < -0.3 is 4.74 Å². The Kier molecular flexibility index (Phi) is 1.90. The summed E-state index contributed by atoms with van der Waals surface area (Å²) < 4.78 is 4.70. The van der Waals surface area contributed by atoms with Crippen molar-refractivity contribution < 1.29 is 14.3 Å². The minimum Gasteiger partial charge on any atom is -0.469 e. The lowest BCUT2D eigenvalue weighted by Gasteiger charge is -2.20. The summed E-state index contributed by atoms with van der Waals surface area (Å²) in [6, 6.07) is 0. The third-order valence-electron chi connectivity index (χ3n) is 3.48. The predicted molar refractivity (Wildman–Crippen MR) is 46.0 cm³/mol. The highest BCUT2D eigenvalue weighted by molar-refractivity contribution is 5.82. The SMILES string of the molecule is COC(=O)C1CC12CCC(=O)CC2. The maximum Gasteiger partial charge on any atom is 0.309 e. The van der Waals surface area contributed by atoms with Crippen LogP contribution in [0.25, 0.3) is 0 Å². The second-order valence-electron chi connectivity index (χ2n) is 4.18. The molecule has 0 amide bonds. The zero-order valence-corrected chi connectivity index (χ0v) is 7.84. The number of methoxy groups -OCH3 is 1. The van der Waals surface area contributed by atoms with E-state index < -0.39 is 0 Å². The summed E-state index contributed by atoms with van der Waals surface area (Å²) in [7, 11) is 1.43. The predicted octanol–water partition coefficient (Wildman–Crippen LogP) is 1.31. The molecule has 0 saturated heterocycles. The van der Waals surface area contributed by atoms with E-state index in [4.69, 9.17) is 4.74 Å². The van der Waals surface area contributed by atoms with Crippen LogP contribution in [0.15, 0.2) is 0 Å². The second-order valence-corrected chi connectivity index (χ2v) is 4.18. The third kappa shape index (κ3) is 1.36. The molecule has 2 saturated carbocycles. The van der Waals surface area contributed by atoms with E-state index in [1.165, 1.54) is 7.11 Å². The van der Waals surface area contributed by atoms with Gasteiger partial charge in [0.15, 0.2) is 0 Å². The van der Waals surface area contributed by atoms with Gasteiger partial charge in [-0.3, -0.25) is 9.59 Å². The minimum absolute atomic E-state index is 0.0885. The maximum absolute atomic E-state index is 11.2. The summed E-state index contributed by atoms with van der Waals surface area (Å²) in [4.78, 5) is 22.2. The minimum atomic E-state index is -0.0886. The number of carbonyl (C=O) groups excluding carboxylic acids is 2. The van der Waals surface area contributed by atoms with Crippen LogP contribution in [0.4, 0.5) is 0 Å². The van der Waals surface area contributed by atoms with Gasteiger partial charge in [0.2, 0.25) is 0 Å². The molecular formula is C10H14O3. The largest absolute Gasteiger partial charge is 0.469 e. The van der Waals surface area contributed by atoms with Crippen molar-refractivity contribution in [2.45, 2.75) is 32.1 Å². The first-order chi connectivity index (χ1) is 6.18. The van der Waals surface area contributed by atoms with E-state index in [9.17, 15) is 9.59 Å². The van der Waals surface area contributed by atoms with Gasteiger partial charge in [0.1, 0.15) is 5.78 Å². The topological polar surface area (TPSA) is 43.4 Å². The van der Waals surface area contributed by atoms with Crippen LogP contribution in [0, 0.1) is 11.3 Å². The number of rotatable bonds is 1. The number of hydrogen-bond acceptors (Lipinski definition) is 3. The van der Waals surface area contributed by atoms with Gasteiger partial charge in [-0.15, -0.1) is 0 Å². The van der Waals surface area contributed by atoms with E-state index in [0.29, 0.717) is 18.6 Å². The van der Waals surface area contributed by atoms with Gasteiger partial charge in [0.25, 0.3) is 0 Å². The molecule has 0 aromatic heterocycles. The molecule has 0 heterocycles. The van der Waals surface area contributed by atoms with Gasteiger partial charge in [-0.2, -0.15) is 0 Å². The Balaban J connectivity index is 1.96. The molecule has 1 atom stereocenters. The van der Waals surface area contributed by atoms with E-state index in [1.807, 2.05) is 0 Å². The van der Waals surface area contributed by atoms with Crippen LogP contribution in [0.1, 0.15) is 32.1 Å². The molecule has 13 heavy (non-hydrogen) atoms. The van der Waals surface area contributed by atoms with Gasteiger partial charge in [-0.25, -0.2) is 0 Å². The quantitative estimate of drug-likeness (QED) is 0.574. The highest BCUT2D eigenvalue weighted by atomic mass is 16.5. The summed E-state index contributed by atoms with van der Waals surface area (Å²) in [5.41, 5.74) is 0.154. The van der Waals surface area contributed by atoms with Crippen molar-refractivity contribution in [3.05, 3.63) is 0 Å². The molecule has 0 aromatic rings. The van der Waals surface area contributed by atoms with E-state index in [1.54, 1.807) is 0 Å². The first-order valence-corrected chi connectivity index (χ1v) is 4.77. The van der Waals surface area contributed by atoms with Crippen LogP contribution in [-0.2, 0) is 14.3 Å². The first-order valence-electron chi connectivity index (χ1n) is 4.77. The molecule has 2 fully saturated rings. The molecule has 2 aliphatic rings. The molecule has 2 aliphatic carbocycles. The van der Waals surface area contributed by atoms with Crippen molar-refractivity contribution in [1.29, 1.82) is 0 Å². The lowest BCUT2D eigenvalue weighted by atomic mass is 9.84. The lowest BCUT2D eigenvalue weighted by Crippen LogP contribution is -2.19. The average Bonchev–Trinajstić information content (AvgIpc) is 2.85. The zero-order chi connectivity index (χ0) is 9.47. The Labute approximate surface area is 77.4 Å². The fourth-order valence-corrected chi connectivity index (χ4v) is 2.40. The Morgan fingerprint density at radius 2 is 2.08 bits per heavy atom. The number of hydrogen-bond donors (Lipinski definition) is 0. The Morgan fingerprint density at radius 1 is 1.46 bits per heavy atom. The Morgan fingerprint density at radius 3 is 2.62 bits per heavy atom. The third-order valence-corrected chi connectivity index (χ3v) is 3.48. The van der Waals surface area contributed by atoms with Gasteiger partial charge in [-0.1, -0.05) is 0 Å². The number of esters is 1. The van der Waals surface area contributed by atoms with Crippen LogP contribution in [0.3, 0.4) is 0 Å². The van der Waals surface area contributed by atoms with Crippen LogP contribution in [-0.4, -0.2) is 18.9 Å². The number of ether oxygens (including phenoxy) is 1. The molecule has 0 bridgehead atoms. The normalized spacial score (nSPS) is 30.2. The van der Waals surface area contributed by atoms with E-state index in [-0.39, 0.29) is 17.3 Å². The molecule has 0 aliphatic heterocycles. The van der Waals surface area contributed by atoms with Gasteiger partial charge in [-0.05, 0) is 24.7 Å². The van der Waals surface area contributed by atoms with Crippen LogP contribution in [0.5, 0.6) is 0 Å². The van der Waals surface area contributed by atoms with Crippen LogP contribution < -0.4 is 0 Å². The smallest absolute Gasteiger partial charge is 0.309 e. The summed E-state index contributed by atoms with van der Waals surface area (Å²) >= 11 is 0. The van der Waals surface area contributed by atoms with Gasteiger partial charge >= 0.3 is 5.97 Å². The Hall–Kier alpha value is -0.860. The lowest BCUT2D eigenvalue weighted by molar-refractivity contribution is -0.143. The standard InChI is InChI=1S/C10H14O3/c1-13-9(12)8-6-10(8)4-2-7(11)3-5-10/h8H,2-6H2,1H3. The number of Topliss-reactive ketones (excluding diaryl/α,β-unsaturated/α-hetero) is 1. The van der Waals surface area contributed by atoms with Crippen LogP contribution in [0.2, 0.25) is 0 Å². The van der Waals surface area contributed by atoms with Crippen LogP contribution >= 0.6 is 0 Å². The monoisotopic (exact) mass is 182 g/mol. The summed E-state index contributed by atoms with van der Waals surface area (Å²) in [5, 5.41) is 0. The molecule has 0 aromatic carbocycles. The number of carbonyl (C=O) groups is 2. The molecule has 2 rings (SSSR count). The van der Waals surface area contributed by atoms with Crippen molar-refractivity contribution in [2.24, 2.45) is 11.3 Å². The molecule has 72 valence electrons. The molecule has 3 nitrogen and oxygen atoms in total. The van der Waals surface area contributed by atoms with E-state index in [2.05, 4.69) is 0 Å². The fourth-order valence-electron chi connectivity index (χ4n) is 2.40. The second kappa shape index (κ2) is 2.82. The summed E-state index contributed by atoms with van der Waals surface area (Å²) in [5.74, 6) is 0.348. The summed E-state index contributed by atoms with van der Waals surface area (Å²) in [6.45, 7) is 0. The maximum atomic E-state index is 11.2. The molecule has 1 spiro atoms. The molecule has 3 heteroatoms. The molecular weight excluding hydrogens is 168 g/mol. The number of ketones is 1. The summed E-state index contributed by atoms with van der Waals surface area (Å²) in [6.07, 6.45) is 4.05. The van der Waals surface area contributed by atoms with Crippen molar-refractivity contribution >= 4 is 11.8 Å². The van der Waals surface area contributed by atoms with Crippen molar-refractivity contribution in [2.75, 3.05) is 7.11 Å². The fraction of sp³-hybridized carbons (Fsp3) is 0.800. The molecule has 0 radical (unpaired) electrons. The van der Waals surface area contributed by atoms with Gasteiger partial charge in [0, 0.05) is 12.8 Å². The zero-order valence-electron chi connectivity index (χ0n) is 7.84. The van der Waals surface area contributed by atoms with Crippen molar-refractivity contribution in [1.82, 2.24) is 0 Å².